The number of nitrogens with one attached hydrogen (secondary N) is 1. The largest absolute Gasteiger partial charge is 0.497 e. The second-order valence-corrected chi connectivity index (χ2v) is 4.76. The van der Waals surface area contributed by atoms with Crippen molar-refractivity contribution in [3.63, 3.8) is 0 Å². The van der Waals surface area contributed by atoms with Crippen molar-refractivity contribution in [1.29, 1.82) is 0 Å². The summed E-state index contributed by atoms with van der Waals surface area (Å²) in [6.07, 6.45) is 2.59. The Labute approximate surface area is 101 Å². The van der Waals surface area contributed by atoms with Crippen LogP contribution in [0.25, 0.3) is 0 Å². The monoisotopic (exact) mass is 232 g/mol. The van der Waals surface area contributed by atoms with E-state index >= 15 is 0 Å². The molecule has 1 saturated carbocycles. The van der Waals surface area contributed by atoms with Crippen molar-refractivity contribution < 1.29 is 9.53 Å². The van der Waals surface area contributed by atoms with E-state index in [0.29, 0.717) is 6.54 Å². The van der Waals surface area contributed by atoms with E-state index in [1.165, 1.54) is 12.8 Å². The van der Waals surface area contributed by atoms with Crippen LogP contribution < -0.4 is 15.0 Å². The SMILES string of the molecule is COc1ccc2c(c1)NC(=O)CN2CC1CC1. The first-order valence-electron chi connectivity index (χ1n) is 5.99. The summed E-state index contributed by atoms with van der Waals surface area (Å²) in [5.74, 6) is 1.61. The normalized spacial score (nSPS) is 18.6. The fourth-order valence-electron chi connectivity index (χ4n) is 2.24. The van der Waals surface area contributed by atoms with Gasteiger partial charge in [0.25, 0.3) is 0 Å². The molecule has 1 aliphatic heterocycles. The molecule has 1 fully saturated rings. The highest BCUT2D eigenvalue weighted by Gasteiger charge is 2.29. The molecule has 0 saturated heterocycles. The number of fused-ring (bicyclic) bond motifs is 1. The smallest absolute Gasteiger partial charge is 0.243 e. The van der Waals surface area contributed by atoms with Crippen molar-refractivity contribution in [3.8, 4) is 5.75 Å². The lowest BCUT2D eigenvalue weighted by molar-refractivity contribution is -0.115. The van der Waals surface area contributed by atoms with Crippen LogP contribution in [0.2, 0.25) is 0 Å². The van der Waals surface area contributed by atoms with Crippen LogP contribution in [-0.2, 0) is 4.79 Å². The maximum atomic E-state index is 11.6. The van der Waals surface area contributed by atoms with Gasteiger partial charge < -0.3 is 15.0 Å². The molecule has 0 radical (unpaired) electrons. The highest BCUT2D eigenvalue weighted by Crippen LogP contribution is 2.37. The molecule has 4 nitrogen and oxygen atoms in total. The first-order chi connectivity index (χ1) is 8.26. The molecule has 0 bridgehead atoms. The number of carbonyl (C=O) groups is 1. The average Bonchev–Trinajstić information content (AvgIpc) is 3.12. The van der Waals surface area contributed by atoms with Gasteiger partial charge in [0.15, 0.2) is 0 Å². The quantitative estimate of drug-likeness (QED) is 0.865. The first-order valence-corrected chi connectivity index (χ1v) is 5.99. The molecule has 1 aliphatic carbocycles. The summed E-state index contributed by atoms with van der Waals surface area (Å²) in [7, 11) is 1.63. The lowest BCUT2D eigenvalue weighted by Gasteiger charge is -2.31. The van der Waals surface area contributed by atoms with Gasteiger partial charge in [-0.3, -0.25) is 4.79 Å². The molecule has 1 aromatic carbocycles. The van der Waals surface area contributed by atoms with Crippen LogP contribution in [0.1, 0.15) is 12.8 Å². The van der Waals surface area contributed by atoms with Gasteiger partial charge in [0.05, 0.1) is 25.0 Å². The molecule has 0 spiro atoms. The predicted octanol–water partition coefficient (Wildman–Crippen LogP) is 1.86. The minimum absolute atomic E-state index is 0.0615. The molecule has 0 unspecified atom stereocenters. The maximum absolute atomic E-state index is 11.6. The zero-order chi connectivity index (χ0) is 11.8. The van der Waals surface area contributed by atoms with E-state index < -0.39 is 0 Å². The number of carbonyl (C=O) groups excluding carboxylic acids is 1. The van der Waals surface area contributed by atoms with Crippen LogP contribution in [-0.4, -0.2) is 26.1 Å². The van der Waals surface area contributed by atoms with Crippen LogP contribution in [0, 0.1) is 5.92 Å². The van der Waals surface area contributed by atoms with Crippen LogP contribution in [0.3, 0.4) is 0 Å². The molecule has 4 heteroatoms. The van der Waals surface area contributed by atoms with E-state index in [0.717, 1.165) is 29.6 Å². The average molecular weight is 232 g/mol. The van der Waals surface area contributed by atoms with Gasteiger partial charge >= 0.3 is 0 Å². The van der Waals surface area contributed by atoms with Gasteiger partial charge in [-0.25, -0.2) is 0 Å². The van der Waals surface area contributed by atoms with Gasteiger partial charge in [0.1, 0.15) is 5.75 Å². The third-order valence-corrected chi connectivity index (χ3v) is 3.33. The lowest BCUT2D eigenvalue weighted by Crippen LogP contribution is -2.39. The number of hydrogen-bond donors (Lipinski definition) is 1. The van der Waals surface area contributed by atoms with E-state index in [1.54, 1.807) is 7.11 Å². The minimum atomic E-state index is 0.0615. The minimum Gasteiger partial charge on any atom is -0.497 e. The lowest BCUT2D eigenvalue weighted by atomic mass is 10.1. The molecule has 3 rings (SSSR count). The Balaban J connectivity index is 1.91. The molecular weight excluding hydrogens is 216 g/mol. The Kier molecular flexibility index (Phi) is 2.42. The van der Waals surface area contributed by atoms with E-state index in [2.05, 4.69) is 10.2 Å². The van der Waals surface area contributed by atoms with Crippen LogP contribution in [0.5, 0.6) is 5.75 Å². The highest BCUT2D eigenvalue weighted by molar-refractivity contribution is 6.01. The maximum Gasteiger partial charge on any atom is 0.243 e. The number of benzene rings is 1. The van der Waals surface area contributed by atoms with Crippen molar-refractivity contribution >= 4 is 17.3 Å². The second kappa shape index (κ2) is 3.95. The number of anilines is 2. The van der Waals surface area contributed by atoms with Crippen molar-refractivity contribution in [1.82, 2.24) is 0 Å². The van der Waals surface area contributed by atoms with Crippen LogP contribution in [0.4, 0.5) is 11.4 Å². The summed E-state index contributed by atoms with van der Waals surface area (Å²) in [5.41, 5.74) is 1.97. The fraction of sp³-hybridized carbons (Fsp3) is 0.462. The Hall–Kier alpha value is -1.71. The van der Waals surface area contributed by atoms with Gasteiger partial charge in [0, 0.05) is 12.6 Å². The first kappa shape index (κ1) is 10.4. The van der Waals surface area contributed by atoms with E-state index in [9.17, 15) is 4.79 Å². The highest BCUT2D eigenvalue weighted by atomic mass is 16.5. The molecule has 1 aromatic rings. The molecule has 2 aliphatic rings. The summed E-state index contributed by atoms with van der Waals surface area (Å²) in [4.78, 5) is 13.8. The fourth-order valence-corrected chi connectivity index (χ4v) is 2.24. The summed E-state index contributed by atoms with van der Waals surface area (Å²) in [6.45, 7) is 1.46. The molecule has 0 atom stereocenters. The van der Waals surface area contributed by atoms with Crippen molar-refractivity contribution in [2.24, 2.45) is 5.92 Å². The van der Waals surface area contributed by atoms with E-state index in [4.69, 9.17) is 4.74 Å². The number of ether oxygens (including phenoxy) is 1. The van der Waals surface area contributed by atoms with E-state index in [1.807, 2.05) is 18.2 Å². The molecular formula is C13H16N2O2. The molecule has 1 amide bonds. The molecule has 1 heterocycles. The Bertz CT molecular complexity index is 455. The van der Waals surface area contributed by atoms with Gasteiger partial charge in [-0.05, 0) is 30.9 Å². The molecule has 17 heavy (non-hydrogen) atoms. The Morgan fingerprint density at radius 2 is 2.29 bits per heavy atom. The van der Waals surface area contributed by atoms with Crippen molar-refractivity contribution in [2.45, 2.75) is 12.8 Å². The van der Waals surface area contributed by atoms with Gasteiger partial charge in [-0.2, -0.15) is 0 Å². The molecule has 1 N–H and O–H groups in total. The predicted molar refractivity (Wildman–Crippen MR) is 66.6 cm³/mol. The van der Waals surface area contributed by atoms with Gasteiger partial charge in [-0.15, -0.1) is 0 Å². The number of amides is 1. The summed E-state index contributed by atoms with van der Waals surface area (Å²) < 4.78 is 5.17. The Morgan fingerprint density at radius 1 is 1.47 bits per heavy atom. The topological polar surface area (TPSA) is 41.6 Å². The van der Waals surface area contributed by atoms with Crippen LogP contribution in [0.15, 0.2) is 18.2 Å². The Morgan fingerprint density at radius 3 is 3.00 bits per heavy atom. The van der Waals surface area contributed by atoms with Crippen molar-refractivity contribution in [3.05, 3.63) is 18.2 Å². The number of nitrogens with zero attached hydrogens (tertiary/aromatic N) is 1. The zero-order valence-electron chi connectivity index (χ0n) is 9.90. The van der Waals surface area contributed by atoms with Crippen molar-refractivity contribution in [2.75, 3.05) is 30.4 Å². The van der Waals surface area contributed by atoms with Gasteiger partial charge in [-0.1, -0.05) is 0 Å². The van der Waals surface area contributed by atoms with E-state index in [-0.39, 0.29) is 5.91 Å². The number of methoxy groups -OCH3 is 1. The van der Waals surface area contributed by atoms with Crippen LogP contribution >= 0.6 is 0 Å². The summed E-state index contributed by atoms with van der Waals surface area (Å²) in [6, 6.07) is 5.85. The summed E-state index contributed by atoms with van der Waals surface area (Å²) >= 11 is 0. The standard InChI is InChI=1S/C13H16N2O2/c1-17-10-4-5-12-11(6-10)14-13(16)8-15(12)7-9-2-3-9/h4-6,9H,2-3,7-8H2,1H3,(H,14,16). The van der Waals surface area contributed by atoms with Gasteiger partial charge in [0.2, 0.25) is 5.91 Å². The zero-order valence-corrected chi connectivity index (χ0v) is 9.90. The number of hydrogen-bond acceptors (Lipinski definition) is 3. The third kappa shape index (κ3) is 2.07. The number of rotatable bonds is 3. The summed E-state index contributed by atoms with van der Waals surface area (Å²) in [5, 5.41) is 2.90. The molecule has 90 valence electrons. The molecule has 0 aromatic heterocycles. The second-order valence-electron chi connectivity index (χ2n) is 4.76. The third-order valence-electron chi connectivity index (χ3n) is 3.33.